The molecule has 0 saturated carbocycles. The Hall–Kier alpha value is -4.02. The van der Waals surface area contributed by atoms with Gasteiger partial charge in [-0.15, -0.1) is 0 Å². The number of thiazole rings is 1. The van der Waals surface area contributed by atoms with Crippen LogP contribution in [0.1, 0.15) is 62.0 Å². The van der Waals surface area contributed by atoms with Gasteiger partial charge in [0.1, 0.15) is 10.6 Å². The summed E-state index contributed by atoms with van der Waals surface area (Å²) in [5.41, 5.74) is 1.94. The molecule has 0 spiro atoms. The first-order chi connectivity index (χ1) is 18.2. The van der Waals surface area contributed by atoms with Crippen molar-refractivity contribution in [2.24, 2.45) is 0 Å². The van der Waals surface area contributed by atoms with Crippen LogP contribution in [0.5, 0.6) is 0 Å². The van der Waals surface area contributed by atoms with Crippen LogP contribution in [0.25, 0.3) is 4.96 Å². The average molecular weight is 553 g/mol. The molecule has 2 heterocycles. The number of aryl methyl sites for hydroxylation is 2. The van der Waals surface area contributed by atoms with Gasteiger partial charge >= 0.3 is 5.97 Å². The lowest BCUT2D eigenvalue weighted by Crippen LogP contribution is -2.25. The number of nitrogens with one attached hydrogen (secondary N) is 2. The summed E-state index contributed by atoms with van der Waals surface area (Å²) in [4.78, 5) is 56.7. The van der Waals surface area contributed by atoms with Gasteiger partial charge in [-0.3, -0.25) is 14.4 Å². The summed E-state index contributed by atoms with van der Waals surface area (Å²) in [6.45, 7) is 5.72. The molecule has 0 aliphatic rings. The first-order valence-corrected chi connectivity index (χ1v) is 13.1. The van der Waals surface area contributed by atoms with Crippen molar-refractivity contribution < 1.29 is 19.1 Å². The van der Waals surface area contributed by atoms with E-state index in [1.165, 1.54) is 30.3 Å². The van der Waals surface area contributed by atoms with Crippen molar-refractivity contribution in [3.8, 4) is 0 Å². The second-order valence-corrected chi connectivity index (χ2v) is 9.81. The Morgan fingerprint density at radius 1 is 1.03 bits per heavy atom. The van der Waals surface area contributed by atoms with E-state index in [4.69, 9.17) is 16.3 Å². The molecular weight excluding hydrogens is 528 g/mol. The Kier molecular flexibility index (Phi) is 8.23. The molecule has 196 valence electrons. The zero-order valence-corrected chi connectivity index (χ0v) is 22.5. The van der Waals surface area contributed by atoms with Crippen molar-refractivity contribution in [3.05, 3.63) is 91.3 Å². The normalized spacial score (nSPS) is 10.8. The number of carbonyl (C=O) groups is 3. The summed E-state index contributed by atoms with van der Waals surface area (Å²) in [7, 11) is 0. The smallest absolute Gasteiger partial charge is 0.338 e. The zero-order chi connectivity index (χ0) is 27.4. The van der Waals surface area contributed by atoms with Gasteiger partial charge < -0.3 is 15.4 Å². The molecule has 11 heteroatoms. The number of aromatic nitrogens is 2. The van der Waals surface area contributed by atoms with Gasteiger partial charge in [-0.1, -0.05) is 36.3 Å². The Labute approximate surface area is 227 Å². The minimum absolute atomic E-state index is 0.0262. The van der Waals surface area contributed by atoms with Crippen LogP contribution < -0.4 is 16.2 Å². The zero-order valence-electron chi connectivity index (χ0n) is 21.0. The molecule has 0 radical (unpaired) electrons. The molecule has 2 N–H and O–H groups in total. The molecule has 0 fully saturated rings. The Morgan fingerprint density at radius 2 is 1.76 bits per heavy atom. The summed E-state index contributed by atoms with van der Waals surface area (Å²) in [6.07, 6.45) is 1.37. The number of ether oxygens (including phenoxy) is 1. The molecule has 2 amide bonds. The molecule has 0 unspecified atom stereocenters. The molecule has 0 saturated heterocycles. The van der Waals surface area contributed by atoms with Crippen molar-refractivity contribution in [2.45, 2.75) is 33.6 Å². The maximum Gasteiger partial charge on any atom is 0.338 e. The van der Waals surface area contributed by atoms with Gasteiger partial charge in [0.15, 0.2) is 4.96 Å². The number of nitrogens with zero attached hydrogens (tertiary/aromatic N) is 2. The largest absolute Gasteiger partial charge is 0.462 e. The third-order valence-electron chi connectivity index (χ3n) is 5.59. The lowest BCUT2D eigenvalue weighted by molar-refractivity contribution is 0.0526. The van der Waals surface area contributed by atoms with E-state index in [0.717, 1.165) is 27.7 Å². The predicted octanol–water partition coefficient (Wildman–Crippen LogP) is 5.35. The third kappa shape index (κ3) is 5.76. The number of rotatable bonds is 8. The van der Waals surface area contributed by atoms with Crippen LogP contribution in [-0.2, 0) is 11.2 Å². The topological polar surface area (TPSA) is 119 Å². The first-order valence-electron chi connectivity index (χ1n) is 11.9. The highest BCUT2D eigenvalue weighted by molar-refractivity contribution is 7.19. The molecule has 4 rings (SSSR count). The maximum atomic E-state index is 13.5. The van der Waals surface area contributed by atoms with Crippen LogP contribution in [0, 0.1) is 6.92 Å². The number of hydrogen-bond acceptors (Lipinski definition) is 7. The van der Waals surface area contributed by atoms with Gasteiger partial charge in [-0.05, 0) is 68.3 Å². The summed E-state index contributed by atoms with van der Waals surface area (Å²) in [5, 5.41) is 6.04. The average Bonchev–Trinajstić information content (AvgIpc) is 3.27. The number of anilines is 2. The number of halogens is 1. The Bertz CT molecular complexity index is 1590. The highest BCUT2D eigenvalue weighted by Gasteiger charge is 2.27. The minimum Gasteiger partial charge on any atom is -0.462 e. The van der Waals surface area contributed by atoms with E-state index < -0.39 is 23.3 Å². The van der Waals surface area contributed by atoms with Crippen molar-refractivity contribution in [3.63, 3.8) is 0 Å². The monoisotopic (exact) mass is 552 g/mol. The number of carbonyl (C=O) groups excluding carboxylic acids is 3. The van der Waals surface area contributed by atoms with E-state index in [-0.39, 0.29) is 22.1 Å². The first kappa shape index (κ1) is 27.0. The predicted molar refractivity (Wildman–Crippen MR) is 148 cm³/mol. The van der Waals surface area contributed by atoms with Crippen molar-refractivity contribution >= 4 is 57.1 Å². The fourth-order valence-electron chi connectivity index (χ4n) is 3.81. The van der Waals surface area contributed by atoms with Crippen molar-refractivity contribution in [1.82, 2.24) is 9.38 Å². The van der Waals surface area contributed by atoms with Crippen molar-refractivity contribution in [2.75, 3.05) is 17.2 Å². The molecule has 0 aliphatic carbocycles. The summed E-state index contributed by atoms with van der Waals surface area (Å²) in [5.74, 6) is -1.72. The van der Waals surface area contributed by atoms with Gasteiger partial charge in [-0.25, -0.2) is 14.2 Å². The van der Waals surface area contributed by atoms with Crippen LogP contribution in [-0.4, -0.2) is 33.8 Å². The molecule has 9 nitrogen and oxygen atoms in total. The minimum atomic E-state index is -0.676. The van der Waals surface area contributed by atoms with E-state index in [2.05, 4.69) is 15.6 Å². The van der Waals surface area contributed by atoms with E-state index in [0.29, 0.717) is 34.1 Å². The van der Waals surface area contributed by atoms with Crippen LogP contribution in [0.2, 0.25) is 5.02 Å². The molecule has 4 aromatic rings. The number of esters is 1. The summed E-state index contributed by atoms with van der Waals surface area (Å²) in [6, 6.07) is 12.5. The van der Waals surface area contributed by atoms with Gasteiger partial charge in [0, 0.05) is 28.2 Å². The van der Waals surface area contributed by atoms with Crippen LogP contribution in [0.4, 0.5) is 11.4 Å². The second kappa shape index (κ2) is 11.6. The molecule has 2 aromatic carbocycles. The van der Waals surface area contributed by atoms with Gasteiger partial charge in [-0.2, -0.15) is 0 Å². The van der Waals surface area contributed by atoms with Crippen LogP contribution in [0.3, 0.4) is 0 Å². The molecule has 0 aliphatic heterocycles. The maximum absolute atomic E-state index is 13.5. The Balaban J connectivity index is 1.74. The Morgan fingerprint density at radius 3 is 2.42 bits per heavy atom. The fourth-order valence-corrected chi connectivity index (χ4v) is 5.07. The molecule has 2 aromatic heterocycles. The van der Waals surface area contributed by atoms with E-state index in [1.54, 1.807) is 32.0 Å². The van der Waals surface area contributed by atoms with Gasteiger partial charge in [0.05, 0.1) is 12.2 Å². The molecular formula is C27H25ClN4O5S. The fraction of sp³-hybridized carbons (Fsp3) is 0.222. The van der Waals surface area contributed by atoms with E-state index in [9.17, 15) is 19.2 Å². The summed E-state index contributed by atoms with van der Waals surface area (Å²) >= 11 is 6.99. The molecule has 0 bridgehead atoms. The SMILES string of the molecule is CCCc1cc(=O)n2c(C(=O)Nc3ccc(C(=O)OCC)cc3)c(C(=O)Nc3ccc(Cl)cc3C)sc2n1. The number of fused-ring (bicyclic) bond motifs is 1. The highest BCUT2D eigenvalue weighted by Crippen LogP contribution is 2.26. The molecule has 38 heavy (non-hydrogen) atoms. The van der Waals surface area contributed by atoms with Crippen LogP contribution in [0.15, 0.2) is 53.3 Å². The quantitative estimate of drug-likeness (QED) is 0.284. The third-order valence-corrected chi connectivity index (χ3v) is 6.87. The van der Waals surface area contributed by atoms with Gasteiger partial charge in [0.2, 0.25) is 0 Å². The lowest BCUT2D eigenvalue weighted by Gasteiger charge is -2.10. The standard InChI is InChI=1S/C27H25ClN4O5S/c1-4-6-19-14-21(33)32-22(24(34)29-18-10-7-16(8-11-18)26(36)37-5-2)23(38-27(32)30-19)25(35)31-20-12-9-17(28)13-15(20)3/h7-14H,4-6H2,1-3H3,(H,29,34)(H,31,35). The summed E-state index contributed by atoms with van der Waals surface area (Å²) < 4.78 is 6.13. The number of hydrogen-bond donors (Lipinski definition) is 2. The second-order valence-electron chi connectivity index (χ2n) is 8.40. The van der Waals surface area contributed by atoms with Crippen LogP contribution >= 0.6 is 22.9 Å². The molecule has 0 atom stereocenters. The van der Waals surface area contributed by atoms with E-state index >= 15 is 0 Å². The van der Waals surface area contributed by atoms with E-state index in [1.807, 2.05) is 6.92 Å². The highest BCUT2D eigenvalue weighted by atomic mass is 35.5. The number of benzene rings is 2. The van der Waals surface area contributed by atoms with Gasteiger partial charge in [0.25, 0.3) is 17.4 Å². The lowest BCUT2D eigenvalue weighted by atomic mass is 10.2. The van der Waals surface area contributed by atoms with Crippen molar-refractivity contribution in [1.29, 1.82) is 0 Å². The number of amides is 2.